The zero-order chi connectivity index (χ0) is 12.7. The summed E-state index contributed by atoms with van der Waals surface area (Å²) in [5.41, 5.74) is 0.473. The number of aliphatic hydroxyl groups is 1. The van der Waals surface area contributed by atoms with Crippen LogP contribution < -0.4 is 10.1 Å². The van der Waals surface area contributed by atoms with E-state index in [1.807, 2.05) is 39.1 Å². The second-order valence-electron chi connectivity index (χ2n) is 4.40. The average molecular weight is 237 g/mol. The van der Waals surface area contributed by atoms with Gasteiger partial charge in [-0.1, -0.05) is 26.0 Å². The maximum Gasteiger partial charge on any atom is 0.119 e. The SMILES string of the molecule is CCC(O)(CC)COc1cccc(CNC)c1. The van der Waals surface area contributed by atoms with Crippen molar-refractivity contribution in [3.63, 3.8) is 0 Å². The highest BCUT2D eigenvalue weighted by atomic mass is 16.5. The monoisotopic (exact) mass is 237 g/mol. The summed E-state index contributed by atoms with van der Waals surface area (Å²) < 4.78 is 5.66. The van der Waals surface area contributed by atoms with E-state index >= 15 is 0 Å². The number of rotatable bonds is 7. The third-order valence-corrected chi connectivity index (χ3v) is 3.10. The van der Waals surface area contributed by atoms with Crippen LogP contribution in [0.15, 0.2) is 24.3 Å². The van der Waals surface area contributed by atoms with E-state index < -0.39 is 5.60 Å². The first-order valence-electron chi connectivity index (χ1n) is 6.22. The van der Waals surface area contributed by atoms with Crippen molar-refractivity contribution >= 4 is 0 Å². The molecule has 0 atom stereocenters. The summed E-state index contributed by atoms with van der Waals surface area (Å²) in [4.78, 5) is 0. The summed E-state index contributed by atoms with van der Waals surface area (Å²) in [6, 6.07) is 7.95. The smallest absolute Gasteiger partial charge is 0.119 e. The lowest BCUT2D eigenvalue weighted by Crippen LogP contribution is -2.34. The lowest BCUT2D eigenvalue weighted by Gasteiger charge is -2.25. The van der Waals surface area contributed by atoms with Gasteiger partial charge in [0, 0.05) is 6.54 Å². The minimum Gasteiger partial charge on any atom is -0.491 e. The highest BCUT2D eigenvalue weighted by Gasteiger charge is 2.22. The quantitative estimate of drug-likeness (QED) is 0.765. The molecule has 1 rings (SSSR count). The average Bonchev–Trinajstić information content (AvgIpc) is 2.37. The zero-order valence-electron chi connectivity index (χ0n) is 11.0. The Morgan fingerprint density at radius 3 is 2.59 bits per heavy atom. The molecule has 96 valence electrons. The second kappa shape index (κ2) is 6.62. The van der Waals surface area contributed by atoms with E-state index in [2.05, 4.69) is 11.4 Å². The van der Waals surface area contributed by atoms with Crippen LogP contribution >= 0.6 is 0 Å². The first-order valence-corrected chi connectivity index (χ1v) is 6.22. The molecule has 0 amide bonds. The second-order valence-corrected chi connectivity index (χ2v) is 4.40. The largest absolute Gasteiger partial charge is 0.491 e. The molecule has 2 N–H and O–H groups in total. The Labute approximate surface area is 104 Å². The van der Waals surface area contributed by atoms with Crippen LogP contribution in [0.1, 0.15) is 32.3 Å². The Bertz CT molecular complexity index is 335. The van der Waals surface area contributed by atoms with Gasteiger partial charge in [-0.15, -0.1) is 0 Å². The zero-order valence-corrected chi connectivity index (χ0v) is 11.0. The summed E-state index contributed by atoms with van der Waals surface area (Å²) in [6.07, 6.45) is 1.42. The van der Waals surface area contributed by atoms with Crippen molar-refractivity contribution in [2.45, 2.75) is 38.8 Å². The molecule has 3 heteroatoms. The van der Waals surface area contributed by atoms with Crippen LogP contribution in [0.3, 0.4) is 0 Å². The van der Waals surface area contributed by atoms with Crippen LogP contribution in [0.4, 0.5) is 0 Å². The van der Waals surface area contributed by atoms with Gasteiger partial charge in [0.05, 0.1) is 5.60 Å². The van der Waals surface area contributed by atoms with E-state index in [0.717, 1.165) is 12.3 Å². The van der Waals surface area contributed by atoms with E-state index in [0.29, 0.717) is 19.4 Å². The van der Waals surface area contributed by atoms with Crippen LogP contribution in [-0.2, 0) is 6.54 Å². The molecule has 0 heterocycles. The standard InChI is InChI=1S/C14H23NO2/c1-4-14(16,5-2)11-17-13-8-6-7-12(9-13)10-15-3/h6-9,15-16H,4-5,10-11H2,1-3H3. The van der Waals surface area contributed by atoms with E-state index in [4.69, 9.17) is 4.74 Å². The lowest BCUT2D eigenvalue weighted by molar-refractivity contribution is -0.0113. The fraction of sp³-hybridized carbons (Fsp3) is 0.571. The maximum atomic E-state index is 10.1. The predicted octanol–water partition coefficient (Wildman–Crippen LogP) is 2.34. The van der Waals surface area contributed by atoms with E-state index in [-0.39, 0.29) is 0 Å². The van der Waals surface area contributed by atoms with Crippen LogP contribution in [0.25, 0.3) is 0 Å². The molecule has 0 fully saturated rings. The molecule has 0 aliphatic rings. The normalized spacial score (nSPS) is 11.5. The fourth-order valence-electron chi connectivity index (χ4n) is 1.62. The van der Waals surface area contributed by atoms with Crippen molar-refractivity contribution in [3.8, 4) is 5.75 Å². The van der Waals surface area contributed by atoms with Crippen LogP contribution in [0.2, 0.25) is 0 Å². The topological polar surface area (TPSA) is 41.5 Å². The number of hydrogen-bond donors (Lipinski definition) is 2. The molecule has 0 unspecified atom stereocenters. The third kappa shape index (κ3) is 4.36. The molecule has 17 heavy (non-hydrogen) atoms. The Kier molecular flexibility index (Phi) is 5.45. The van der Waals surface area contributed by atoms with Crippen LogP contribution in [0, 0.1) is 0 Å². The number of nitrogens with one attached hydrogen (secondary N) is 1. The van der Waals surface area contributed by atoms with E-state index in [1.54, 1.807) is 0 Å². The molecule has 1 aromatic rings. The molecule has 0 saturated carbocycles. The van der Waals surface area contributed by atoms with Gasteiger partial charge in [0.1, 0.15) is 12.4 Å². The fourth-order valence-corrected chi connectivity index (χ4v) is 1.62. The minimum atomic E-state index is -0.709. The predicted molar refractivity (Wildman–Crippen MR) is 70.2 cm³/mol. The number of ether oxygens (including phenoxy) is 1. The molecule has 0 bridgehead atoms. The molecule has 3 nitrogen and oxygen atoms in total. The van der Waals surface area contributed by atoms with Gasteiger partial charge in [-0.3, -0.25) is 0 Å². The van der Waals surface area contributed by atoms with Crippen LogP contribution in [-0.4, -0.2) is 24.4 Å². The van der Waals surface area contributed by atoms with Crippen molar-refractivity contribution in [1.82, 2.24) is 5.32 Å². The van der Waals surface area contributed by atoms with Crippen LogP contribution in [0.5, 0.6) is 5.75 Å². The molecule has 1 aromatic carbocycles. The summed E-state index contributed by atoms with van der Waals surface area (Å²) in [5.74, 6) is 0.818. The molecule has 0 aromatic heterocycles. The first kappa shape index (κ1) is 14.0. The molecule has 0 spiro atoms. The first-order chi connectivity index (χ1) is 8.13. The summed E-state index contributed by atoms with van der Waals surface area (Å²) in [5, 5.41) is 13.2. The van der Waals surface area contributed by atoms with Gasteiger partial charge in [0.25, 0.3) is 0 Å². The van der Waals surface area contributed by atoms with Gasteiger partial charge >= 0.3 is 0 Å². The van der Waals surface area contributed by atoms with Crippen molar-refractivity contribution in [2.24, 2.45) is 0 Å². The molecular formula is C14H23NO2. The summed E-state index contributed by atoms with van der Waals surface area (Å²) in [7, 11) is 1.92. The molecular weight excluding hydrogens is 214 g/mol. The van der Waals surface area contributed by atoms with Gasteiger partial charge in [0.15, 0.2) is 0 Å². The van der Waals surface area contributed by atoms with Gasteiger partial charge in [-0.05, 0) is 37.6 Å². The van der Waals surface area contributed by atoms with Crippen molar-refractivity contribution in [2.75, 3.05) is 13.7 Å². The van der Waals surface area contributed by atoms with Crippen molar-refractivity contribution in [1.29, 1.82) is 0 Å². The van der Waals surface area contributed by atoms with E-state index in [1.165, 1.54) is 5.56 Å². The van der Waals surface area contributed by atoms with Gasteiger partial charge in [0.2, 0.25) is 0 Å². The molecule has 0 aliphatic heterocycles. The number of benzene rings is 1. The maximum absolute atomic E-state index is 10.1. The Morgan fingerprint density at radius 1 is 1.29 bits per heavy atom. The van der Waals surface area contributed by atoms with Gasteiger partial charge < -0.3 is 15.2 Å². The molecule has 0 saturated heterocycles. The van der Waals surface area contributed by atoms with E-state index in [9.17, 15) is 5.11 Å². The van der Waals surface area contributed by atoms with Gasteiger partial charge in [-0.25, -0.2) is 0 Å². The number of hydrogen-bond acceptors (Lipinski definition) is 3. The third-order valence-electron chi connectivity index (χ3n) is 3.10. The summed E-state index contributed by atoms with van der Waals surface area (Å²) in [6.45, 7) is 5.13. The van der Waals surface area contributed by atoms with Crippen molar-refractivity contribution < 1.29 is 9.84 Å². The molecule has 0 radical (unpaired) electrons. The lowest BCUT2D eigenvalue weighted by atomic mass is 9.99. The summed E-state index contributed by atoms with van der Waals surface area (Å²) >= 11 is 0. The Hall–Kier alpha value is -1.06. The van der Waals surface area contributed by atoms with Crippen molar-refractivity contribution in [3.05, 3.63) is 29.8 Å². The highest BCUT2D eigenvalue weighted by Crippen LogP contribution is 2.19. The highest BCUT2D eigenvalue weighted by molar-refractivity contribution is 5.28. The Morgan fingerprint density at radius 2 is 2.00 bits per heavy atom. The van der Waals surface area contributed by atoms with Gasteiger partial charge in [-0.2, -0.15) is 0 Å². The molecule has 0 aliphatic carbocycles. The Balaban J connectivity index is 2.59. The minimum absolute atomic E-state index is 0.350.